The van der Waals surface area contributed by atoms with Crippen LogP contribution in [0.4, 0.5) is 0 Å². The maximum Gasteiger partial charge on any atom is 0.0595 e. The molecule has 0 bridgehead atoms. The van der Waals surface area contributed by atoms with E-state index in [1.165, 1.54) is 16.9 Å². The minimum Gasteiger partial charge on any atom is -0.326 e. The van der Waals surface area contributed by atoms with Gasteiger partial charge in [-0.1, -0.05) is 20.8 Å². The maximum absolute atomic E-state index is 6.41. The van der Waals surface area contributed by atoms with E-state index in [2.05, 4.69) is 58.0 Å². The van der Waals surface area contributed by atoms with Gasteiger partial charge in [-0.2, -0.15) is 0 Å². The van der Waals surface area contributed by atoms with Crippen LogP contribution >= 0.6 is 11.3 Å². The van der Waals surface area contributed by atoms with Gasteiger partial charge < -0.3 is 5.73 Å². The summed E-state index contributed by atoms with van der Waals surface area (Å²) >= 11 is 1.84. The van der Waals surface area contributed by atoms with Gasteiger partial charge in [-0.05, 0) is 56.7 Å². The van der Waals surface area contributed by atoms with E-state index in [0.717, 1.165) is 12.3 Å². The fourth-order valence-corrected chi connectivity index (χ4v) is 3.87. The molecule has 0 aliphatic heterocycles. The van der Waals surface area contributed by atoms with E-state index in [0.29, 0.717) is 12.1 Å². The predicted octanol–water partition coefficient (Wildman–Crippen LogP) is 4.20. The van der Waals surface area contributed by atoms with Crippen LogP contribution in [-0.4, -0.2) is 24.0 Å². The molecule has 2 N–H and O–H groups in total. The summed E-state index contributed by atoms with van der Waals surface area (Å²) in [5.41, 5.74) is 7.79. The van der Waals surface area contributed by atoms with Gasteiger partial charge in [0.05, 0.1) is 6.04 Å². The lowest BCUT2D eigenvalue weighted by molar-refractivity contribution is 0.144. The average Bonchev–Trinajstić information content (AvgIpc) is 2.74. The van der Waals surface area contributed by atoms with Crippen molar-refractivity contribution >= 4 is 11.3 Å². The zero-order chi connectivity index (χ0) is 14.6. The van der Waals surface area contributed by atoms with Gasteiger partial charge in [-0.25, -0.2) is 0 Å². The smallest absolute Gasteiger partial charge is 0.0595 e. The summed E-state index contributed by atoms with van der Waals surface area (Å²) in [7, 11) is 2.23. The van der Waals surface area contributed by atoms with Gasteiger partial charge >= 0.3 is 0 Å². The molecule has 1 aromatic rings. The zero-order valence-electron chi connectivity index (χ0n) is 13.3. The molecular formula is C16H30N2S. The number of thiophene rings is 1. The average molecular weight is 282 g/mol. The first-order valence-corrected chi connectivity index (χ1v) is 8.27. The van der Waals surface area contributed by atoms with Gasteiger partial charge in [-0.3, -0.25) is 4.90 Å². The number of nitrogens with two attached hydrogens (primary N) is 1. The van der Waals surface area contributed by atoms with Crippen molar-refractivity contribution in [2.75, 3.05) is 7.05 Å². The Morgan fingerprint density at radius 2 is 1.95 bits per heavy atom. The highest BCUT2D eigenvalue weighted by molar-refractivity contribution is 7.10. The van der Waals surface area contributed by atoms with Gasteiger partial charge in [0.2, 0.25) is 0 Å². The number of hydrogen-bond donors (Lipinski definition) is 1. The lowest BCUT2D eigenvalue weighted by atomic mass is 9.97. The molecule has 110 valence electrons. The monoisotopic (exact) mass is 282 g/mol. The predicted molar refractivity (Wildman–Crippen MR) is 86.7 cm³/mol. The van der Waals surface area contributed by atoms with E-state index < -0.39 is 0 Å². The fraction of sp³-hybridized carbons (Fsp3) is 0.750. The van der Waals surface area contributed by atoms with Crippen LogP contribution in [0.25, 0.3) is 0 Å². The molecule has 0 saturated heterocycles. The van der Waals surface area contributed by atoms with Crippen LogP contribution in [0, 0.1) is 12.8 Å². The second kappa shape index (κ2) is 7.41. The molecule has 0 aliphatic rings. The van der Waals surface area contributed by atoms with Crippen molar-refractivity contribution in [1.82, 2.24) is 4.90 Å². The molecular weight excluding hydrogens is 252 g/mol. The Bertz CT molecular complexity index is 373. The lowest BCUT2D eigenvalue weighted by Gasteiger charge is -2.37. The van der Waals surface area contributed by atoms with E-state index in [4.69, 9.17) is 5.73 Å². The first kappa shape index (κ1) is 16.7. The molecule has 1 aromatic heterocycles. The molecule has 1 heterocycles. The molecule has 0 aromatic carbocycles. The van der Waals surface area contributed by atoms with Crippen LogP contribution in [0.5, 0.6) is 0 Å². The fourth-order valence-electron chi connectivity index (χ4n) is 2.71. The molecule has 0 radical (unpaired) electrons. The van der Waals surface area contributed by atoms with Crippen LogP contribution in [-0.2, 0) is 0 Å². The molecule has 0 fully saturated rings. The maximum atomic E-state index is 6.41. The zero-order valence-corrected chi connectivity index (χ0v) is 14.1. The SMILES string of the molecule is CCC(N)C(c1sccc1C)N(C)C(C)CC(C)C. The Kier molecular flexibility index (Phi) is 6.51. The molecule has 1 rings (SSSR count). The van der Waals surface area contributed by atoms with Crippen LogP contribution in [0.2, 0.25) is 0 Å². The Hall–Kier alpha value is -0.380. The number of nitrogens with zero attached hydrogens (tertiary/aromatic N) is 1. The molecule has 3 atom stereocenters. The van der Waals surface area contributed by atoms with Crippen molar-refractivity contribution in [1.29, 1.82) is 0 Å². The van der Waals surface area contributed by atoms with Crippen molar-refractivity contribution in [2.45, 2.75) is 65.6 Å². The number of likely N-dealkylation sites (N-methyl/N-ethyl adjacent to an activating group) is 1. The third-order valence-electron chi connectivity index (χ3n) is 3.99. The van der Waals surface area contributed by atoms with E-state index in [1.54, 1.807) is 0 Å². The Morgan fingerprint density at radius 1 is 1.32 bits per heavy atom. The van der Waals surface area contributed by atoms with Gasteiger partial charge in [0.25, 0.3) is 0 Å². The minimum absolute atomic E-state index is 0.206. The van der Waals surface area contributed by atoms with Crippen LogP contribution < -0.4 is 5.73 Å². The van der Waals surface area contributed by atoms with Crippen LogP contribution in [0.1, 0.15) is 57.0 Å². The Balaban J connectivity index is 2.95. The largest absolute Gasteiger partial charge is 0.326 e. The lowest BCUT2D eigenvalue weighted by Crippen LogP contribution is -2.43. The minimum atomic E-state index is 0.206. The van der Waals surface area contributed by atoms with Gasteiger partial charge in [-0.15, -0.1) is 11.3 Å². The van der Waals surface area contributed by atoms with Crippen molar-refractivity contribution in [2.24, 2.45) is 11.7 Å². The van der Waals surface area contributed by atoms with Crippen molar-refractivity contribution in [3.05, 3.63) is 21.9 Å². The molecule has 0 saturated carbocycles. The van der Waals surface area contributed by atoms with Gasteiger partial charge in [0.1, 0.15) is 0 Å². The molecule has 2 nitrogen and oxygen atoms in total. The van der Waals surface area contributed by atoms with E-state index in [1.807, 2.05) is 11.3 Å². The molecule has 0 spiro atoms. The third kappa shape index (κ3) is 4.30. The Labute approximate surface area is 123 Å². The first-order valence-electron chi connectivity index (χ1n) is 7.39. The van der Waals surface area contributed by atoms with E-state index in [9.17, 15) is 0 Å². The topological polar surface area (TPSA) is 29.3 Å². The summed E-state index contributed by atoms with van der Waals surface area (Å²) in [5, 5.41) is 2.18. The molecule has 3 unspecified atom stereocenters. The molecule has 3 heteroatoms. The summed E-state index contributed by atoms with van der Waals surface area (Å²) in [4.78, 5) is 3.92. The van der Waals surface area contributed by atoms with Crippen molar-refractivity contribution in [3.63, 3.8) is 0 Å². The highest BCUT2D eigenvalue weighted by Gasteiger charge is 2.28. The summed E-state index contributed by atoms with van der Waals surface area (Å²) < 4.78 is 0. The molecule has 19 heavy (non-hydrogen) atoms. The van der Waals surface area contributed by atoms with Crippen LogP contribution in [0.3, 0.4) is 0 Å². The normalized spacial score (nSPS) is 16.9. The third-order valence-corrected chi connectivity index (χ3v) is 5.08. The highest BCUT2D eigenvalue weighted by Crippen LogP contribution is 2.33. The summed E-state index contributed by atoms with van der Waals surface area (Å²) in [6.45, 7) is 11.3. The van der Waals surface area contributed by atoms with Gasteiger partial charge in [0, 0.05) is 17.0 Å². The second-order valence-corrected chi connectivity index (χ2v) is 7.08. The second-order valence-electron chi connectivity index (χ2n) is 6.13. The standard InChI is InChI=1S/C16H30N2S/c1-7-14(17)15(16-12(4)8-9-19-16)18(6)13(5)10-11(2)3/h8-9,11,13-15H,7,10,17H2,1-6H3. The number of hydrogen-bond acceptors (Lipinski definition) is 3. The van der Waals surface area contributed by atoms with Crippen molar-refractivity contribution in [3.8, 4) is 0 Å². The number of rotatable bonds is 7. The van der Waals surface area contributed by atoms with E-state index >= 15 is 0 Å². The highest BCUT2D eigenvalue weighted by atomic mass is 32.1. The summed E-state index contributed by atoms with van der Waals surface area (Å²) in [6, 6.07) is 3.32. The summed E-state index contributed by atoms with van der Waals surface area (Å²) in [6.07, 6.45) is 2.23. The number of aryl methyl sites for hydroxylation is 1. The van der Waals surface area contributed by atoms with Gasteiger partial charge in [0.15, 0.2) is 0 Å². The van der Waals surface area contributed by atoms with Crippen molar-refractivity contribution < 1.29 is 0 Å². The molecule has 0 aliphatic carbocycles. The van der Waals surface area contributed by atoms with E-state index in [-0.39, 0.29) is 6.04 Å². The summed E-state index contributed by atoms with van der Waals surface area (Å²) in [5.74, 6) is 0.723. The Morgan fingerprint density at radius 3 is 2.37 bits per heavy atom. The quantitative estimate of drug-likeness (QED) is 0.812. The van der Waals surface area contributed by atoms with Crippen LogP contribution in [0.15, 0.2) is 11.4 Å². The first-order chi connectivity index (χ1) is 8.88. The molecule has 0 amide bonds.